The molecule has 29 heavy (non-hydrogen) atoms. The van der Waals surface area contributed by atoms with Gasteiger partial charge in [-0.1, -0.05) is 32.8 Å². The summed E-state index contributed by atoms with van der Waals surface area (Å²) in [4.78, 5) is 31.6. The monoisotopic (exact) mass is 401 g/mol. The fourth-order valence-corrected chi connectivity index (χ4v) is 3.88. The van der Waals surface area contributed by atoms with Crippen molar-refractivity contribution in [1.82, 2.24) is 14.7 Å². The van der Waals surface area contributed by atoms with Gasteiger partial charge < -0.3 is 14.5 Å². The lowest BCUT2D eigenvalue weighted by molar-refractivity contribution is -0.132. The number of amides is 2. The molecular formula is C23H35N3O3. The Hall–Kier alpha value is -2.08. The number of carbonyl (C=O) groups is 2. The van der Waals surface area contributed by atoms with Crippen molar-refractivity contribution in [2.45, 2.75) is 39.5 Å². The Morgan fingerprint density at radius 2 is 1.62 bits per heavy atom. The van der Waals surface area contributed by atoms with Gasteiger partial charge in [-0.05, 0) is 37.0 Å². The highest BCUT2D eigenvalue weighted by molar-refractivity contribution is 5.94. The van der Waals surface area contributed by atoms with Gasteiger partial charge >= 0.3 is 0 Å². The minimum Gasteiger partial charge on any atom is -0.493 e. The number of hydrogen-bond acceptors (Lipinski definition) is 4. The van der Waals surface area contributed by atoms with Crippen molar-refractivity contribution in [3.63, 3.8) is 0 Å². The smallest absolute Gasteiger partial charge is 0.254 e. The standard InChI is InChI=1S/C23H35N3O3/c1-19(2)18-29-21-9-7-8-20(16-21)23(28)26-14-12-24(13-15-26)17-22(27)25-10-5-3-4-6-11-25/h7-9,16,19H,3-6,10-15,17-18H2,1-2H3. The largest absolute Gasteiger partial charge is 0.493 e. The third-order valence-corrected chi connectivity index (χ3v) is 5.64. The molecule has 1 aromatic carbocycles. The van der Waals surface area contributed by atoms with E-state index in [-0.39, 0.29) is 11.8 Å². The Kier molecular flexibility index (Phi) is 7.92. The van der Waals surface area contributed by atoms with Crippen molar-refractivity contribution >= 4 is 11.8 Å². The normalized spacial score (nSPS) is 18.6. The van der Waals surface area contributed by atoms with Crippen LogP contribution in [0.2, 0.25) is 0 Å². The van der Waals surface area contributed by atoms with E-state index in [4.69, 9.17) is 4.74 Å². The summed E-state index contributed by atoms with van der Waals surface area (Å²) in [6, 6.07) is 7.45. The Labute approximate surface area is 174 Å². The van der Waals surface area contributed by atoms with Crippen LogP contribution in [-0.2, 0) is 4.79 Å². The first kappa shape index (κ1) is 21.6. The lowest BCUT2D eigenvalue weighted by Crippen LogP contribution is -2.51. The third-order valence-electron chi connectivity index (χ3n) is 5.64. The molecule has 1 aromatic rings. The summed E-state index contributed by atoms with van der Waals surface area (Å²) in [5, 5.41) is 0. The number of benzene rings is 1. The molecule has 2 aliphatic heterocycles. The van der Waals surface area contributed by atoms with Crippen molar-refractivity contribution in [2.75, 3.05) is 52.4 Å². The number of hydrogen-bond donors (Lipinski definition) is 0. The maximum atomic E-state index is 12.9. The summed E-state index contributed by atoms with van der Waals surface area (Å²) < 4.78 is 5.75. The van der Waals surface area contributed by atoms with Crippen LogP contribution in [0.3, 0.4) is 0 Å². The zero-order chi connectivity index (χ0) is 20.6. The van der Waals surface area contributed by atoms with Crippen LogP contribution in [-0.4, -0.2) is 78.9 Å². The van der Waals surface area contributed by atoms with E-state index in [0.29, 0.717) is 37.7 Å². The van der Waals surface area contributed by atoms with Crippen LogP contribution >= 0.6 is 0 Å². The molecule has 6 heteroatoms. The van der Waals surface area contributed by atoms with Gasteiger partial charge in [0.1, 0.15) is 5.75 Å². The zero-order valence-electron chi connectivity index (χ0n) is 17.9. The maximum absolute atomic E-state index is 12.9. The van der Waals surface area contributed by atoms with Gasteiger partial charge in [0.15, 0.2) is 0 Å². The molecule has 2 fully saturated rings. The second-order valence-corrected chi connectivity index (χ2v) is 8.60. The fraction of sp³-hybridized carbons (Fsp3) is 0.652. The fourth-order valence-electron chi connectivity index (χ4n) is 3.88. The van der Waals surface area contributed by atoms with E-state index >= 15 is 0 Å². The van der Waals surface area contributed by atoms with E-state index in [0.717, 1.165) is 44.8 Å². The molecule has 0 radical (unpaired) electrons. The number of nitrogens with zero attached hydrogens (tertiary/aromatic N) is 3. The van der Waals surface area contributed by atoms with E-state index in [1.165, 1.54) is 12.8 Å². The SMILES string of the molecule is CC(C)COc1cccc(C(=O)N2CCN(CC(=O)N3CCCCCC3)CC2)c1. The number of piperazine rings is 1. The van der Waals surface area contributed by atoms with E-state index in [1.807, 2.05) is 34.1 Å². The summed E-state index contributed by atoms with van der Waals surface area (Å²) in [5.74, 6) is 1.46. The average molecular weight is 402 g/mol. The molecule has 2 aliphatic rings. The summed E-state index contributed by atoms with van der Waals surface area (Å²) in [6.07, 6.45) is 4.70. The van der Waals surface area contributed by atoms with Crippen LogP contribution in [0.25, 0.3) is 0 Å². The molecule has 0 atom stereocenters. The summed E-state index contributed by atoms with van der Waals surface area (Å²) in [5.41, 5.74) is 0.667. The predicted octanol–water partition coefficient (Wildman–Crippen LogP) is 2.88. The van der Waals surface area contributed by atoms with Crippen molar-refractivity contribution in [1.29, 1.82) is 0 Å². The minimum absolute atomic E-state index is 0.0403. The lowest BCUT2D eigenvalue weighted by Gasteiger charge is -2.35. The molecule has 2 amide bonds. The lowest BCUT2D eigenvalue weighted by atomic mass is 10.1. The first-order valence-electron chi connectivity index (χ1n) is 11.0. The van der Waals surface area contributed by atoms with Gasteiger partial charge in [0, 0.05) is 44.8 Å². The van der Waals surface area contributed by atoms with Gasteiger partial charge in [0.2, 0.25) is 5.91 Å². The number of likely N-dealkylation sites (tertiary alicyclic amines) is 1. The molecule has 6 nitrogen and oxygen atoms in total. The first-order chi connectivity index (χ1) is 14.0. The maximum Gasteiger partial charge on any atom is 0.254 e. The molecule has 0 saturated carbocycles. The minimum atomic E-state index is 0.0403. The van der Waals surface area contributed by atoms with Crippen LogP contribution in [0.4, 0.5) is 0 Å². The third kappa shape index (κ3) is 6.46. The summed E-state index contributed by atoms with van der Waals surface area (Å²) >= 11 is 0. The quantitative estimate of drug-likeness (QED) is 0.736. The van der Waals surface area contributed by atoms with Gasteiger partial charge in [-0.25, -0.2) is 0 Å². The number of ether oxygens (including phenoxy) is 1. The van der Waals surface area contributed by atoms with E-state index < -0.39 is 0 Å². The summed E-state index contributed by atoms with van der Waals surface area (Å²) in [7, 11) is 0. The van der Waals surface area contributed by atoms with E-state index in [1.54, 1.807) is 0 Å². The van der Waals surface area contributed by atoms with Gasteiger partial charge in [0.25, 0.3) is 5.91 Å². The molecule has 3 rings (SSSR count). The zero-order valence-corrected chi connectivity index (χ0v) is 17.9. The van der Waals surface area contributed by atoms with E-state index in [9.17, 15) is 9.59 Å². The van der Waals surface area contributed by atoms with Gasteiger partial charge in [-0.3, -0.25) is 14.5 Å². The first-order valence-corrected chi connectivity index (χ1v) is 11.0. The van der Waals surface area contributed by atoms with E-state index in [2.05, 4.69) is 18.7 Å². The molecule has 2 saturated heterocycles. The Balaban J connectivity index is 1.48. The Morgan fingerprint density at radius 3 is 2.28 bits per heavy atom. The van der Waals surface area contributed by atoms with Gasteiger partial charge in [-0.2, -0.15) is 0 Å². The highest BCUT2D eigenvalue weighted by atomic mass is 16.5. The molecular weight excluding hydrogens is 366 g/mol. The summed E-state index contributed by atoms with van der Waals surface area (Å²) in [6.45, 7) is 9.91. The molecule has 2 heterocycles. The topological polar surface area (TPSA) is 53.1 Å². The average Bonchev–Trinajstić information content (AvgIpc) is 3.02. The van der Waals surface area contributed by atoms with Crippen molar-refractivity contribution in [3.8, 4) is 5.75 Å². The van der Waals surface area contributed by atoms with Crippen molar-refractivity contribution in [3.05, 3.63) is 29.8 Å². The second-order valence-electron chi connectivity index (χ2n) is 8.60. The van der Waals surface area contributed by atoms with Crippen LogP contribution in [0, 0.1) is 5.92 Å². The van der Waals surface area contributed by atoms with Gasteiger partial charge in [-0.15, -0.1) is 0 Å². The van der Waals surface area contributed by atoms with Crippen LogP contribution in [0.1, 0.15) is 49.9 Å². The number of carbonyl (C=O) groups excluding carboxylic acids is 2. The molecule has 0 N–H and O–H groups in total. The second kappa shape index (κ2) is 10.6. The Morgan fingerprint density at radius 1 is 0.931 bits per heavy atom. The van der Waals surface area contributed by atoms with Crippen LogP contribution in [0.15, 0.2) is 24.3 Å². The molecule has 0 aliphatic carbocycles. The molecule has 160 valence electrons. The molecule has 0 aromatic heterocycles. The molecule has 0 bridgehead atoms. The number of rotatable bonds is 6. The van der Waals surface area contributed by atoms with Gasteiger partial charge in [0.05, 0.1) is 13.2 Å². The van der Waals surface area contributed by atoms with Crippen LogP contribution < -0.4 is 4.74 Å². The highest BCUT2D eigenvalue weighted by Gasteiger charge is 2.25. The van der Waals surface area contributed by atoms with Crippen LogP contribution in [0.5, 0.6) is 5.75 Å². The highest BCUT2D eigenvalue weighted by Crippen LogP contribution is 2.17. The van der Waals surface area contributed by atoms with Crippen molar-refractivity contribution < 1.29 is 14.3 Å². The van der Waals surface area contributed by atoms with Crippen molar-refractivity contribution in [2.24, 2.45) is 5.92 Å². The predicted molar refractivity (Wildman–Crippen MR) is 114 cm³/mol. The molecule has 0 spiro atoms. The Bertz CT molecular complexity index is 676. The molecule has 0 unspecified atom stereocenters.